The van der Waals surface area contributed by atoms with Crippen molar-refractivity contribution in [1.29, 1.82) is 0 Å². The van der Waals surface area contributed by atoms with Crippen molar-refractivity contribution < 1.29 is 4.39 Å². The van der Waals surface area contributed by atoms with Crippen molar-refractivity contribution in [1.82, 2.24) is 10.3 Å². The van der Waals surface area contributed by atoms with E-state index in [2.05, 4.69) is 26.2 Å². The van der Waals surface area contributed by atoms with Crippen molar-refractivity contribution in [3.8, 4) is 0 Å². The molecule has 100 valence electrons. The van der Waals surface area contributed by atoms with Gasteiger partial charge in [-0.25, -0.2) is 4.39 Å². The van der Waals surface area contributed by atoms with Crippen molar-refractivity contribution in [3.05, 3.63) is 63.6 Å². The molecule has 0 bridgehead atoms. The van der Waals surface area contributed by atoms with Gasteiger partial charge in [0.25, 0.3) is 0 Å². The van der Waals surface area contributed by atoms with Crippen LogP contribution in [0.3, 0.4) is 0 Å². The zero-order valence-corrected chi connectivity index (χ0v) is 12.5. The molecular formula is C15H16BrFN2. The van der Waals surface area contributed by atoms with Crippen LogP contribution in [0, 0.1) is 12.7 Å². The molecule has 4 heteroatoms. The maximum Gasteiger partial charge on any atom is 0.127 e. The number of rotatable bonds is 4. The number of aryl methyl sites for hydroxylation is 1. The van der Waals surface area contributed by atoms with Gasteiger partial charge in [0.2, 0.25) is 0 Å². The summed E-state index contributed by atoms with van der Waals surface area (Å²) in [5, 5.41) is 3.23. The molecule has 0 amide bonds. The maximum absolute atomic E-state index is 13.9. The predicted octanol–water partition coefficient (Wildman–Crippen LogP) is 3.79. The van der Waals surface area contributed by atoms with E-state index in [9.17, 15) is 4.39 Å². The van der Waals surface area contributed by atoms with E-state index >= 15 is 0 Å². The van der Waals surface area contributed by atoms with E-state index in [-0.39, 0.29) is 11.9 Å². The van der Waals surface area contributed by atoms with Crippen LogP contribution >= 0.6 is 15.9 Å². The van der Waals surface area contributed by atoms with E-state index < -0.39 is 0 Å². The molecule has 0 fully saturated rings. The van der Waals surface area contributed by atoms with Gasteiger partial charge in [-0.15, -0.1) is 0 Å². The van der Waals surface area contributed by atoms with Crippen molar-refractivity contribution in [2.75, 3.05) is 7.05 Å². The van der Waals surface area contributed by atoms with Gasteiger partial charge in [-0.1, -0.05) is 28.1 Å². The molecule has 2 aromatic rings. The van der Waals surface area contributed by atoms with Crippen molar-refractivity contribution in [3.63, 3.8) is 0 Å². The number of aromatic nitrogens is 1. The average molecular weight is 323 g/mol. The number of hydrogen-bond acceptors (Lipinski definition) is 2. The molecule has 1 aromatic carbocycles. The molecule has 1 N–H and O–H groups in total. The zero-order chi connectivity index (χ0) is 13.8. The highest BCUT2D eigenvalue weighted by molar-refractivity contribution is 9.10. The minimum Gasteiger partial charge on any atom is -0.313 e. The van der Waals surface area contributed by atoms with Crippen LogP contribution in [0.1, 0.15) is 22.9 Å². The van der Waals surface area contributed by atoms with E-state index in [1.54, 1.807) is 6.20 Å². The summed E-state index contributed by atoms with van der Waals surface area (Å²) in [7, 11) is 1.88. The quantitative estimate of drug-likeness (QED) is 0.926. The Balaban J connectivity index is 2.27. The Labute approximate surface area is 121 Å². The lowest BCUT2D eigenvalue weighted by Gasteiger charge is -2.18. The fraction of sp³-hybridized carbons (Fsp3) is 0.267. The third kappa shape index (κ3) is 3.39. The van der Waals surface area contributed by atoms with Gasteiger partial charge in [0, 0.05) is 22.4 Å². The number of benzene rings is 1. The van der Waals surface area contributed by atoms with Crippen LogP contribution in [-0.4, -0.2) is 12.0 Å². The molecule has 19 heavy (non-hydrogen) atoms. The molecule has 0 saturated carbocycles. The average Bonchev–Trinajstić information content (AvgIpc) is 2.39. The van der Waals surface area contributed by atoms with Crippen molar-refractivity contribution in [2.24, 2.45) is 0 Å². The summed E-state index contributed by atoms with van der Waals surface area (Å²) in [6.45, 7) is 1.97. The summed E-state index contributed by atoms with van der Waals surface area (Å²) in [5.74, 6) is -0.184. The van der Waals surface area contributed by atoms with Gasteiger partial charge < -0.3 is 5.32 Å². The number of hydrogen-bond donors (Lipinski definition) is 1. The SMILES string of the molecule is CNC(Cc1ccc(Br)cc1F)c1cccnc1C. The van der Waals surface area contributed by atoms with Crippen molar-refractivity contribution in [2.45, 2.75) is 19.4 Å². The first-order valence-corrected chi connectivity index (χ1v) is 6.94. The van der Waals surface area contributed by atoms with Crippen LogP contribution in [0.5, 0.6) is 0 Å². The van der Waals surface area contributed by atoms with Crippen molar-refractivity contribution >= 4 is 15.9 Å². The minimum atomic E-state index is -0.184. The van der Waals surface area contributed by atoms with Gasteiger partial charge in [0.1, 0.15) is 5.82 Å². The minimum absolute atomic E-state index is 0.0596. The summed E-state index contributed by atoms with van der Waals surface area (Å²) < 4.78 is 14.6. The molecule has 0 aliphatic carbocycles. The number of nitrogens with zero attached hydrogens (tertiary/aromatic N) is 1. The Bertz CT molecular complexity index is 572. The number of halogens is 2. The third-order valence-electron chi connectivity index (χ3n) is 3.21. The molecule has 0 spiro atoms. The van der Waals surface area contributed by atoms with E-state index in [1.807, 2.05) is 38.2 Å². The normalized spacial score (nSPS) is 12.4. The first-order valence-electron chi connectivity index (χ1n) is 6.14. The number of pyridine rings is 1. The zero-order valence-electron chi connectivity index (χ0n) is 11.0. The van der Waals surface area contributed by atoms with Gasteiger partial charge in [0.15, 0.2) is 0 Å². The fourth-order valence-corrected chi connectivity index (χ4v) is 2.47. The van der Waals surface area contributed by atoms with E-state index in [4.69, 9.17) is 0 Å². The highest BCUT2D eigenvalue weighted by Gasteiger charge is 2.15. The van der Waals surface area contributed by atoms with Gasteiger partial charge in [-0.05, 0) is 49.7 Å². The Morgan fingerprint density at radius 3 is 2.79 bits per heavy atom. The Kier molecular flexibility index (Phi) is 4.66. The molecule has 0 saturated heterocycles. The van der Waals surface area contributed by atoms with Crippen LogP contribution in [0.4, 0.5) is 4.39 Å². The summed E-state index contributed by atoms with van der Waals surface area (Å²) >= 11 is 3.27. The molecule has 2 rings (SSSR count). The topological polar surface area (TPSA) is 24.9 Å². The lowest BCUT2D eigenvalue weighted by atomic mass is 9.98. The van der Waals surface area contributed by atoms with Crippen LogP contribution in [-0.2, 0) is 6.42 Å². The lowest BCUT2D eigenvalue weighted by molar-refractivity contribution is 0.550. The largest absolute Gasteiger partial charge is 0.313 e. The molecule has 0 aliphatic heterocycles. The van der Waals surface area contributed by atoms with E-state index in [0.29, 0.717) is 12.0 Å². The highest BCUT2D eigenvalue weighted by atomic mass is 79.9. The van der Waals surface area contributed by atoms with Crippen LogP contribution in [0.15, 0.2) is 41.0 Å². The molecule has 1 aromatic heterocycles. The Hall–Kier alpha value is -1.26. The molecule has 0 aliphatic rings. The van der Waals surface area contributed by atoms with E-state index in [0.717, 1.165) is 15.7 Å². The summed E-state index contributed by atoms with van der Waals surface area (Å²) in [6, 6.07) is 9.17. The monoisotopic (exact) mass is 322 g/mol. The van der Waals surface area contributed by atoms with E-state index in [1.165, 1.54) is 6.07 Å². The smallest absolute Gasteiger partial charge is 0.127 e. The first-order chi connectivity index (χ1) is 9.11. The highest BCUT2D eigenvalue weighted by Crippen LogP contribution is 2.23. The molecule has 1 unspecified atom stereocenters. The molecule has 0 radical (unpaired) electrons. The molecular weight excluding hydrogens is 307 g/mol. The Morgan fingerprint density at radius 2 is 2.16 bits per heavy atom. The lowest BCUT2D eigenvalue weighted by Crippen LogP contribution is -2.20. The Morgan fingerprint density at radius 1 is 1.37 bits per heavy atom. The second kappa shape index (κ2) is 6.26. The van der Waals surface area contributed by atoms with Gasteiger partial charge in [0.05, 0.1) is 0 Å². The van der Waals surface area contributed by atoms with Gasteiger partial charge in [-0.2, -0.15) is 0 Å². The summed E-state index contributed by atoms with van der Waals surface area (Å²) in [4.78, 5) is 4.28. The van der Waals surface area contributed by atoms with Gasteiger partial charge >= 0.3 is 0 Å². The molecule has 1 atom stereocenters. The number of likely N-dealkylation sites (N-methyl/N-ethyl adjacent to an activating group) is 1. The second-order valence-electron chi connectivity index (χ2n) is 4.46. The standard InChI is InChI=1S/C15H16BrFN2/c1-10-13(4-3-7-19-10)15(18-2)8-11-5-6-12(16)9-14(11)17/h3-7,9,15,18H,8H2,1-2H3. The summed E-state index contributed by atoms with van der Waals surface area (Å²) in [5.41, 5.74) is 2.78. The first kappa shape index (κ1) is 14.2. The van der Waals surface area contributed by atoms with Crippen LogP contribution in [0.2, 0.25) is 0 Å². The van der Waals surface area contributed by atoms with Crippen LogP contribution in [0.25, 0.3) is 0 Å². The van der Waals surface area contributed by atoms with Gasteiger partial charge in [-0.3, -0.25) is 4.98 Å². The molecule has 2 nitrogen and oxygen atoms in total. The number of nitrogens with one attached hydrogen (secondary N) is 1. The third-order valence-corrected chi connectivity index (χ3v) is 3.70. The maximum atomic E-state index is 13.9. The molecule has 1 heterocycles. The van der Waals surface area contributed by atoms with Crippen LogP contribution < -0.4 is 5.32 Å². The fourth-order valence-electron chi connectivity index (χ4n) is 2.14. The summed E-state index contributed by atoms with van der Waals surface area (Å²) in [6.07, 6.45) is 2.37. The second-order valence-corrected chi connectivity index (χ2v) is 5.37. The predicted molar refractivity (Wildman–Crippen MR) is 78.6 cm³/mol.